The van der Waals surface area contributed by atoms with Crippen molar-refractivity contribution in [3.8, 4) is 0 Å². The van der Waals surface area contributed by atoms with E-state index in [-0.39, 0.29) is 11.8 Å². The quantitative estimate of drug-likeness (QED) is 0.734. The van der Waals surface area contributed by atoms with Crippen molar-refractivity contribution < 1.29 is 4.79 Å². The van der Waals surface area contributed by atoms with Gasteiger partial charge < -0.3 is 5.32 Å². The van der Waals surface area contributed by atoms with Crippen molar-refractivity contribution >= 4 is 17.5 Å². The molecule has 0 aromatic rings. The lowest BCUT2D eigenvalue weighted by Gasteiger charge is -2.17. The number of amides is 1. The zero-order valence-corrected chi connectivity index (χ0v) is 8.60. The molecule has 4 nitrogen and oxygen atoms in total. The Hall–Kier alpha value is -1.55. The van der Waals surface area contributed by atoms with Gasteiger partial charge in [0.25, 0.3) is 5.91 Å². The van der Waals surface area contributed by atoms with Crippen molar-refractivity contribution in [2.24, 2.45) is 15.9 Å². The fourth-order valence-corrected chi connectivity index (χ4v) is 1.53. The first kappa shape index (κ1) is 9.98. The second kappa shape index (κ2) is 4.31. The molecule has 0 spiro atoms. The molecule has 2 aliphatic rings. The highest BCUT2D eigenvalue weighted by Gasteiger charge is 2.25. The number of allylic oxidation sites excluding steroid dienone is 3. The van der Waals surface area contributed by atoms with Gasteiger partial charge in [-0.2, -0.15) is 4.99 Å². The summed E-state index contributed by atoms with van der Waals surface area (Å²) in [6.07, 6.45) is 7.43. The van der Waals surface area contributed by atoms with Crippen LogP contribution in [0.3, 0.4) is 0 Å². The number of hydrogen-bond acceptors (Lipinski definition) is 3. The number of carbonyl (C=O) groups is 1. The zero-order valence-electron chi connectivity index (χ0n) is 8.60. The molecule has 0 aromatic heterocycles. The molecular formula is C11H13N3O. The summed E-state index contributed by atoms with van der Waals surface area (Å²) < 4.78 is 0. The minimum Gasteiger partial charge on any atom is -0.310 e. The van der Waals surface area contributed by atoms with Crippen LogP contribution >= 0.6 is 0 Å². The lowest BCUT2D eigenvalue weighted by Crippen LogP contribution is -2.31. The lowest BCUT2D eigenvalue weighted by molar-refractivity contribution is -0.118. The van der Waals surface area contributed by atoms with Gasteiger partial charge in [0.15, 0.2) is 0 Å². The van der Waals surface area contributed by atoms with Gasteiger partial charge in [-0.1, -0.05) is 25.2 Å². The van der Waals surface area contributed by atoms with E-state index in [9.17, 15) is 4.79 Å². The van der Waals surface area contributed by atoms with E-state index in [2.05, 4.69) is 15.3 Å². The fourth-order valence-electron chi connectivity index (χ4n) is 1.53. The average Bonchev–Trinajstić information content (AvgIpc) is 2.26. The summed E-state index contributed by atoms with van der Waals surface area (Å²) in [5.41, 5.74) is 0.797. The summed E-state index contributed by atoms with van der Waals surface area (Å²) in [5.74, 6) is 0.196. The maximum atomic E-state index is 11.6. The van der Waals surface area contributed by atoms with Crippen molar-refractivity contribution in [1.82, 2.24) is 5.32 Å². The van der Waals surface area contributed by atoms with E-state index in [0.717, 1.165) is 12.3 Å². The van der Waals surface area contributed by atoms with Gasteiger partial charge >= 0.3 is 0 Å². The van der Waals surface area contributed by atoms with Crippen molar-refractivity contribution in [1.29, 1.82) is 0 Å². The highest BCUT2D eigenvalue weighted by atomic mass is 16.1. The van der Waals surface area contributed by atoms with E-state index in [1.165, 1.54) is 0 Å². The molecule has 0 fully saturated rings. The van der Waals surface area contributed by atoms with E-state index in [0.29, 0.717) is 12.4 Å². The average molecular weight is 203 g/mol. The summed E-state index contributed by atoms with van der Waals surface area (Å²) in [6, 6.07) is 0. The minimum absolute atomic E-state index is 0.117. The first-order valence-corrected chi connectivity index (χ1v) is 5.07. The molecule has 0 bridgehead atoms. The monoisotopic (exact) mass is 203 g/mol. The maximum Gasteiger partial charge on any atom is 0.260 e. The lowest BCUT2D eigenvalue weighted by atomic mass is 9.96. The third-order valence-electron chi connectivity index (χ3n) is 2.30. The SMILES string of the molecule is CCNCC1=NC(=O)C2C=CC=CC2=N1. The molecule has 15 heavy (non-hydrogen) atoms. The van der Waals surface area contributed by atoms with E-state index in [4.69, 9.17) is 0 Å². The molecule has 1 unspecified atom stereocenters. The first-order valence-electron chi connectivity index (χ1n) is 5.07. The van der Waals surface area contributed by atoms with Gasteiger partial charge in [0.05, 0.1) is 12.3 Å². The summed E-state index contributed by atoms with van der Waals surface area (Å²) >= 11 is 0. The van der Waals surface area contributed by atoms with Crippen molar-refractivity contribution in [3.63, 3.8) is 0 Å². The first-order chi connectivity index (χ1) is 7.31. The number of carbonyl (C=O) groups excluding carboxylic acids is 1. The molecule has 1 aliphatic heterocycles. The van der Waals surface area contributed by atoms with E-state index in [1.807, 2.05) is 31.2 Å². The molecule has 0 saturated carbocycles. The second-order valence-corrected chi connectivity index (χ2v) is 3.40. The van der Waals surface area contributed by atoms with Gasteiger partial charge in [0, 0.05) is 0 Å². The molecule has 1 amide bonds. The van der Waals surface area contributed by atoms with Crippen molar-refractivity contribution in [2.45, 2.75) is 6.92 Å². The van der Waals surface area contributed by atoms with Crippen LogP contribution in [-0.2, 0) is 4.79 Å². The van der Waals surface area contributed by atoms with Crippen molar-refractivity contribution in [3.05, 3.63) is 24.3 Å². The van der Waals surface area contributed by atoms with Crippen LogP contribution in [0.25, 0.3) is 0 Å². The number of nitrogens with zero attached hydrogens (tertiary/aromatic N) is 2. The molecule has 1 N–H and O–H groups in total. The predicted molar refractivity (Wildman–Crippen MR) is 60.2 cm³/mol. The smallest absolute Gasteiger partial charge is 0.260 e. The Morgan fingerprint density at radius 1 is 1.40 bits per heavy atom. The van der Waals surface area contributed by atoms with Crippen LogP contribution in [0.5, 0.6) is 0 Å². The van der Waals surface area contributed by atoms with Gasteiger partial charge in [-0.3, -0.25) is 4.79 Å². The predicted octanol–water partition coefficient (Wildman–Crippen LogP) is 0.718. The largest absolute Gasteiger partial charge is 0.310 e. The number of amidine groups is 1. The molecule has 2 rings (SSSR count). The van der Waals surface area contributed by atoms with Gasteiger partial charge in [-0.15, -0.1) is 0 Å². The van der Waals surface area contributed by atoms with Crippen LogP contribution in [-0.4, -0.2) is 30.5 Å². The zero-order chi connectivity index (χ0) is 10.7. The van der Waals surface area contributed by atoms with Gasteiger partial charge in [0.1, 0.15) is 11.8 Å². The molecule has 0 radical (unpaired) electrons. The standard InChI is InChI=1S/C11H13N3O/c1-2-12-7-10-13-9-6-4-3-5-8(9)11(15)14-10/h3-6,8,12H,2,7H2,1H3. The summed E-state index contributed by atoms with van der Waals surface area (Å²) in [7, 11) is 0. The molecular weight excluding hydrogens is 190 g/mol. The van der Waals surface area contributed by atoms with Crippen LogP contribution in [0, 0.1) is 5.92 Å². The highest BCUT2D eigenvalue weighted by molar-refractivity contribution is 6.21. The number of likely N-dealkylation sites (N-methyl/N-ethyl adjacent to an activating group) is 1. The molecule has 1 aliphatic carbocycles. The topological polar surface area (TPSA) is 53.8 Å². The summed E-state index contributed by atoms with van der Waals surface area (Å²) in [4.78, 5) is 19.9. The highest BCUT2D eigenvalue weighted by Crippen LogP contribution is 2.15. The third kappa shape index (κ3) is 2.10. The number of hydrogen-bond donors (Lipinski definition) is 1. The third-order valence-corrected chi connectivity index (χ3v) is 2.30. The van der Waals surface area contributed by atoms with E-state index < -0.39 is 0 Å². The second-order valence-electron chi connectivity index (χ2n) is 3.40. The number of nitrogens with one attached hydrogen (secondary N) is 1. The molecule has 1 atom stereocenters. The molecule has 0 saturated heterocycles. The Kier molecular flexibility index (Phi) is 2.87. The van der Waals surface area contributed by atoms with Crippen LogP contribution in [0.4, 0.5) is 0 Å². The number of fused-ring (bicyclic) bond motifs is 1. The summed E-state index contributed by atoms with van der Waals surface area (Å²) in [5, 5.41) is 3.10. The summed E-state index contributed by atoms with van der Waals surface area (Å²) in [6.45, 7) is 3.40. The Balaban J connectivity index is 2.17. The molecule has 0 aromatic carbocycles. The van der Waals surface area contributed by atoms with Gasteiger partial charge in [-0.05, 0) is 12.6 Å². The normalized spacial score (nSPS) is 23.5. The van der Waals surface area contributed by atoms with Gasteiger partial charge in [-0.25, -0.2) is 4.99 Å². The van der Waals surface area contributed by atoms with Crippen LogP contribution < -0.4 is 5.32 Å². The Labute approximate surface area is 88.5 Å². The van der Waals surface area contributed by atoms with Crippen LogP contribution in [0.15, 0.2) is 34.3 Å². The molecule has 4 heteroatoms. The number of aliphatic imine (C=N–C) groups is 2. The Bertz CT molecular complexity index is 391. The fraction of sp³-hybridized carbons (Fsp3) is 0.364. The van der Waals surface area contributed by atoms with Crippen molar-refractivity contribution in [2.75, 3.05) is 13.1 Å². The maximum absolute atomic E-state index is 11.6. The van der Waals surface area contributed by atoms with Crippen LogP contribution in [0.1, 0.15) is 6.92 Å². The van der Waals surface area contributed by atoms with E-state index >= 15 is 0 Å². The van der Waals surface area contributed by atoms with Crippen LogP contribution in [0.2, 0.25) is 0 Å². The minimum atomic E-state index is -0.264. The molecule has 78 valence electrons. The molecule has 1 heterocycles. The number of rotatable bonds is 3. The van der Waals surface area contributed by atoms with E-state index in [1.54, 1.807) is 0 Å². The Morgan fingerprint density at radius 2 is 2.27 bits per heavy atom. The Morgan fingerprint density at radius 3 is 3.07 bits per heavy atom. The van der Waals surface area contributed by atoms with Gasteiger partial charge in [0.2, 0.25) is 0 Å².